The molecule has 2 N–H and O–H groups in total. The molecule has 0 aliphatic rings. The van der Waals surface area contributed by atoms with Crippen LogP contribution < -0.4 is 15.5 Å². The lowest BCUT2D eigenvalue weighted by Gasteiger charge is -2.10. The highest BCUT2D eigenvalue weighted by Crippen LogP contribution is 2.23. The number of amides is 2. The van der Waals surface area contributed by atoms with Gasteiger partial charge in [0, 0.05) is 16.4 Å². The summed E-state index contributed by atoms with van der Waals surface area (Å²) in [4.78, 5) is 23.9. The van der Waals surface area contributed by atoms with Crippen LogP contribution in [-0.4, -0.2) is 24.1 Å². The highest BCUT2D eigenvalue weighted by atomic mass is 35.5. The van der Waals surface area contributed by atoms with E-state index in [9.17, 15) is 9.59 Å². The van der Waals surface area contributed by atoms with Crippen molar-refractivity contribution in [2.24, 2.45) is 5.10 Å². The monoisotopic (exact) mass is 387 g/mol. The van der Waals surface area contributed by atoms with Gasteiger partial charge in [-0.05, 0) is 50.1 Å². The third-order valence-corrected chi connectivity index (χ3v) is 4.19. The third-order valence-electron chi connectivity index (χ3n) is 3.78. The maximum atomic E-state index is 12.1. The van der Waals surface area contributed by atoms with Crippen LogP contribution >= 0.6 is 11.6 Å². The molecule has 2 amide bonds. The quantitative estimate of drug-likeness (QED) is 0.559. The fraction of sp³-hybridized carbons (Fsp3) is 0.250. The van der Waals surface area contributed by atoms with Crippen LogP contribution in [0.5, 0.6) is 5.75 Å². The average molecular weight is 388 g/mol. The van der Waals surface area contributed by atoms with Crippen molar-refractivity contribution in [3.63, 3.8) is 0 Å². The van der Waals surface area contributed by atoms with Crippen molar-refractivity contribution >= 4 is 34.8 Å². The van der Waals surface area contributed by atoms with Crippen molar-refractivity contribution in [2.75, 3.05) is 11.9 Å². The first kappa shape index (κ1) is 20.5. The molecule has 2 aromatic rings. The number of carbonyl (C=O) groups is 2. The maximum Gasteiger partial charge on any atom is 0.277 e. The number of hydrogen-bond donors (Lipinski definition) is 2. The number of hydrazone groups is 1. The molecule has 0 radical (unpaired) electrons. The molecule has 0 saturated heterocycles. The number of benzene rings is 2. The zero-order valence-electron chi connectivity index (χ0n) is 15.5. The van der Waals surface area contributed by atoms with Crippen LogP contribution in [0.15, 0.2) is 47.6 Å². The van der Waals surface area contributed by atoms with E-state index in [0.29, 0.717) is 22.2 Å². The standard InChI is InChI=1S/C20H22ClN3O3/c1-13-7-4-5-10-18(13)27-12-20(26)24-23-14(2)11-19(25)22-17-9-6-8-16(21)15(17)3/h4-10H,11-12H2,1-3H3,(H,22,25)(H,24,26)/b23-14+. The summed E-state index contributed by atoms with van der Waals surface area (Å²) >= 11 is 6.04. The van der Waals surface area contributed by atoms with Gasteiger partial charge in [-0.3, -0.25) is 9.59 Å². The zero-order chi connectivity index (χ0) is 19.8. The molecule has 0 aromatic heterocycles. The van der Waals surface area contributed by atoms with Crippen LogP contribution in [0.1, 0.15) is 24.5 Å². The lowest BCUT2D eigenvalue weighted by molar-refractivity contribution is -0.123. The number of nitrogens with one attached hydrogen (secondary N) is 2. The van der Waals surface area contributed by atoms with E-state index in [-0.39, 0.29) is 18.9 Å². The second-order valence-corrected chi connectivity index (χ2v) is 6.48. The minimum atomic E-state index is -0.399. The number of hydrogen-bond acceptors (Lipinski definition) is 4. The molecule has 0 fully saturated rings. The van der Waals surface area contributed by atoms with E-state index in [0.717, 1.165) is 11.1 Å². The highest BCUT2D eigenvalue weighted by molar-refractivity contribution is 6.31. The SMILES string of the molecule is C/C(CC(=O)Nc1cccc(Cl)c1C)=N\NC(=O)COc1ccccc1C. The molecule has 2 aromatic carbocycles. The van der Waals surface area contributed by atoms with Gasteiger partial charge in [-0.2, -0.15) is 5.10 Å². The summed E-state index contributed by atoms with van der Waals surface area (Å²) in [5, 5.41) is 7.29. The van der Waals surface area contributed by atoms with Gasteiger partial charge >= 0.3 is 0 Å². The number of ether oxygens (including phenoxy) is 1. The van der Waals surface area contributed by atoms with E-state index in [1.807, 2.05) is 32.0 Å². The van der Waals surface area contributed by atoms with Gasteiger partial charge in [-0.15, -0.1) is 0 Å². The molecular formula is C20H22ClN3O3. The van der Waals surface area contributed by atoms with E-state index < -0.39 is 5.91 Å². The van der Waals surface area contributed by atoms with Crippen LogP contribution in [0.4, 0.5) is 5.69 Å². The second kappa shape index (κ2) is 9.73. The Bertz CT molecular complexity index is 865. The number of halogens is 1. The number of aryl methyl sites for hydroxylation is 1. The van der Waals surface area contributed by atoms with Gasteiger partial charge in [0.2, 0.25) is 5.91 Å². The van der Waals surface area contributed by atoms with Gasteiger partial charge in [-0.25, -0.2) is 5.43 Å². The molecule has 2 rings (SSSR count). The Morgan fingerprint density at radius 1 is 1.07 bits per heavy atom. The Hall–Kier alpha value is -2.86. The van der Waals surface area contributed by atoms with Crippen LogP contribution in [0.3, 0.4) is 0 Å². The molecule has 0 bridgehead atoms. The zero-order valence-corrected chi connectivity index (χ0v) is 16.3. The summed E-state index contributed by atoms with van der Waals surface area (Å²) < 4.78 is 5.44. The van der Waals surface area contributed by atoms with Crippen LogP contribution in [0.2, 0.25) is 5.02 Å². The average Bonchev–Trinajstić information content (AvgIpc) is 2.63. The van der Waals surface area contributed by atoms with Gasteiger partial charge in [0.15, 0.2) is 6.61 Å². The molecule has 0 aliphatic carbocycles. The largest absolute Gasteiger partial charge is 0.483 e. The Kier molecular flexibility index (Phi) is 7.37. The first-order valence-electron chi connectivity index (χ1n) is 8.42. The Morgan fingerprint density at radius 2 is 1.81 bits per heavy atom. The Labute approximate surface area is 163 Å². The van der Waals surface area contributed by atoms with Crippen molar-refractivity contribution in [3.8, 4) is 5.75 Å². The molecule has 0 aliphatic heterocycles. The molecule has 27 heavy (non-hydrogen) atoms. The van der Waals surface area contributed by atoms with E-state index in [4.69, 9.17) is 16.3 Å². The third kappa shape index (κ3) is 6.42. The molecule has 0 heterocycles. The molecule has 0 unspecified atom stereocenters. The fourth-order valence-corrected chi connectivity index (χ4v) is 2.44. The molecule has 6 nitrogen and oxygen atoms in total. The number of anilines is 1. The van der Waals surface area contributed by atoms with E-state index in [2.05, 4.69) is 15.8 Å². The summed E-state index contributed by atoms with van der Waals surface area (Å²) in [6.07, 6.45) is 0.0465. The smallest absolute Gasteiger partial charge is 0.277 e. The van der Waals surface area contributed by atoms with E-state index in [1.54, 1.807) is 31.2 Å². The molecule has 0 atom stereocenters. The molecular weight excluding hydrogens is 366 g/mol. The van der Waals surface area contributed by atoms with Gasteiger partial charge in [0.05, 0.1) is 6.42 Å². The highest BCUT2D eigenvalue weighted by Gasteiger charge is 2.09. The van der Waals surface area contributed by atoms with Crippen LogP contribution in [-0.2, 0) is 9.59 Å². The first-order chi connectivity index (χ1) is 12.9. The minimum Gasteiger partial charge on any atom is -0.483 e. The summed E-state index contributed by atoms with van der Waals surface area (Å²) in [7, 11) is 0. The van der Waals surface area contributed by atoms with Gasteiger partial charge < -0.3 is 10.1 Å². The topological polar surface area (TPSA) is 79.8 Å². The molecule has 142 valence electrons. The first-order valence-corrected chi connectivity index (χ1v) is 8.80. The van der Waals surface area contributed by atoms with E-state index >= 15 is 0 Å². The predicted octanol–water partition coefficient (Wildman–Crippen LogP) is 3.86. The van der Waals surface area contributed by atoms with Gasteiger partial charge in [0.25, 0.3) is 5.91 Å². The van der Waals surface area contributed by atoms with Crippen molar-refractivity contribution in [1.29, 1.82) is 0 Å². The number of carbonyl (C=O) groups excluding carboxylic acids is 2. The summed E-state index contributed by atoms with van der Waals surface area (Å²) in [6, 6.07) is 12.7. The number of rotatable bonds is 7. The van der Waals surface area contributed by atoms with E-state index in [1.165, 1.54) is 0 Å². The molecule has 0 saturated carbocycles. The second-order valence-electron chi connectivity index (χ2n) is 6.07. The van der Waals surface area contributed by atoms with Crippen molar-refractivity contribution < 1.29 is 14.3 Å². The van der Waals surface area contributed by atoms with Crippen molar-refractivity contribution in [1.82, 2.24) is 5.43 Å². The normalized spacial score (nSPS) is 11.0. The number of para-hydroxylation sites is 1. The van der Waals surface area contributed by atoms with Gasteiger partial charge in [0.1, 0.15) is 5.75 Å². The summed E-state index contributed by atoms with van der Waals surface area (Å²) in [6.45, 7) is 5.23. The maximum absolute atomic E-state index is 12.1. The van der Waals surface area contributed by atoms with Crippen molar-refractivity contribution in [3.05, 3.63) is 58.6 Å². The van der Waals surface area contributed by atoms with Crippen LogP contribution in [0.25, 0.3) is 0 Å². The molecule has 7 heteroatoms. The van der Waals surface area contributed by atoms with Crippen molar-refractivity contribution in [2.45, 2.75) is 27.2 Å². The lowest BCUT2D eigenvalue weighted by Crippen LogP contribution is -2.26. The lowest BCUT2D eigenvalue weighted by atomic mass is 10.2. The molecule has 0 spiro atoms. The Morgan fingerprint density at radius 3 is 2.56 bits per heavy atom. The number of nitrogens with zero attached hydrogens (tertiary/aromatic N) is 1. The summed E-state index contributed by atoms with van der Waals surface area (Å²) in [5.41, 5.74) is 5.24. The predicted molar refractivity (Wildman–Crippen MR) is 107 cm³/mol. The Balaban J connectivity index is 1.81. The minimum absolute atomic E-state index is 0.0465. The van der Waals surface area contributed by atoms with Crippen LogP contribution in [0, 0.1) is 13.8 Å². The van der Waals surface area contributed by atoms with Gasteiger partial charge in [-0.1, -0.05) is 35.9 Å². The fourth-order valence-electron chi connectivity index (χ4n) is 2.26. The summed E-state index contributed by atoms with van der Waals surface area (Å²) in [5.74, 6) is 0.000318.